The first-order valence-electron chi connectivity index (χ1n) is 9.12. The van der Waals surface area contributed by atoms with Crippen LogP contribution >= 0.6 is 15.9 Å². The third-order valence-corrected chi connectivity index (χ3v) is 4.74. The van der Waals surface area contributed by atoms with Crippen LogP contribution in [0.25, 0.3) is 0 Å². The highest BCUT2D eigenvalue weighted by Gasteiger charge is 2.09. The quantitative estimate of drug-likeness (QED) is 0.380. The summed E-state index contributed by atoms with van der Waals surface area (Å²) in [6, 6.07) is 20.3. The number of para-hydroxylation sites is 1. The molecule has 7 heteroatoms. The molecule has 1 amide bonds. The molecule has 154 valence electrons. The fourth-order valence-electron chi connectivity index (χ4n) is 2.62. The van der Waals surface area contributed by atoms with Gasteiger partial charge in [0.2, 0.25) is 0 Å². The van der Waals surface area contributed by atoms with Gasteiger partial charge >= 0.3 is 0 Å². The third kappa shape index (κ3) is 5.84. The van der Waals surface area contributed by atoms with E-state index in [1.807, 2.05) is 48.5 Å². The summed E-state index contributed by atoms with van der Waals surface area (Å²) < 4.78 is 17.3. The molecule has 0 aliphatic carbocycles. The Kier molecular flexibility index (Phi) is 7.45. The predicted octanol–water partition coefficient (Wildman–Crippen LogP) is 4.81. The summed E-state index contributed by atoms with van der Waals surface area (Å²) in [4.78, 5) is 12.4. The number of hydrogen-bond acceptors (Lipinski definition) is 5. The number of hydrazone groups is 1. The molecule has 0 saturated heterocycles. The van der Waals surface area contributed by atoms with Gasteiger partial charge in [0.15, 0.2) is 0 Å². The van der Waals surface area contributed by atoms with Gasteiger partial charge in [-0.15, -0.1) is 0 Å². The van der Waals surface area contributed by atoms with Crippen LogP contribution < -0.4 is 19.6 Å². The highest BCUT2D eigenvalue weighted by atomic mass is 79.9. The molecular formula is C23H21BrN2O4. The lowest BCUT2D eigenvalue weighted by molar-refractivity contribution is 0.0954. The highest BCUT2D eigenvalue weighted by molar-refractivity contribution is 9.10. The number of carbonyl (C=O) groups is 1. The average Bonchev–Trinajstić information content (AvgIpc) is 2.79. The molecular weight excluding hydrogens is 448 g/mol. The Bertz CT molecular complexity index is 1010. The van der Waals surface area contributed by atoms with Crippen LogP contribution in [0.4, 0.5) is 0 Å². The van der Waals surface area contributed by atoms with Gasteiger partial charge < -0.3 is 14.2 Å². The second-order valence-electron chi connectivity index (χ2n) is 6.25. The Balaban J connectivity index is 1.66. The number of ether oxygens (including phenoxy) is 3. The van der Waals surface area contributed by atoms with E-state index in [4.69, 9.17) is 14.2 Å². The molecule has 3 aromatic carbocycles. The van der Waals surface area contributed by atoms with Gasteiger partial charge in [0.05, 0.1) is 20.4 Å². The van der Waals surface area contributed by atoms with Gasteiger partial charge in [0.1, 0.15) is 23.9 Å². The second kappa shape index (κ2) is 10.5. The van der Waals surface area contributed by atoms with Crippen LogP contribution in [-0.4, -0.2) is 26.3 Å². The summed E-state index contributed by atoms with van der Waals surface area (Å²) in [5, 5.41) is 4.06. The van der Waals surface area contributed by atoms with E-state index in [0.29, 0.717) is 29.4 Å². The third-order valence-electron chi connectivity index (χ3n) is 4.21. The fraction of sp³-hybridized carbons (Fsp3) is 0.130. The number of nitrogens with zero attached hydrogens (tertiary/aromatic N) is 1. The molecule has 0 aliphatic rings. The molecule has 30 heavy (non-hydrogen) atoms. The number of nitrogens with one attached hydrogen (secondary N) is 1. The lowest BCUT2D eigenvalue weighted by Crippen LogP contribution is -2.17. The van der Waals surface area contributed by atoms with E-state index >= 15 is 0 Å². The maximum absolute atomic E-state index is 12.4. The maximum Gasteiger partial charge on any atom is 0.271 e. The monoisotopic (exact) mass is 468 g/mol. The highest BCUT2D eigenvalue weighted by Crippen LogP contribution is 2.22. The van der Waals surface area contributed by atoms with E-state index in [1.165, 1.54) is 14.2 Å². The Morgan fingerprint density at radius 1 is 1.00 bits per heavy atom. The molecule has 0 fully saturated rings. The Morgan fingerprint density at radius 2 is 1.67 bits per heavy atom. The minimum Gasteiger partial charge on any atom is -0.497 e. The van der Waals surface area contributed by atoms with Gasteiger partial charge in [-0.2, -0.15) is 5.10 Å². The summed E-state index contributed by atoms with van der Waals surface area (Å²) in [6.45, 7) is 0.425. The number of amides is 1. The molecule has 0 radical (unpaired) electrons. The molecule has 0 heterocycles. The van der Waals surface area contributed by atoms with Crippen molar-refractivity contribution < 1.29 is 19.0 Å². The zero-order chi connectivity index (χ0) is 21.3. The van der Waals surface area contributed by atoms with Gasteiger partial charge in [0, 0.05) is 21.7 Å². The van der Waals surface area contributed by atoms with Crippen molar-refractivity contribution in [2.24, 2.45) is 5.10 Å². The first kappa shape index (κ1) is 21.4. The summed E-state index contributed by atoms with van der Waals surface area (Å²) in [5.74, 6) is 1.34. The smallest absolute Gasteiger partial charge is 0.271 e. The van der Waals surface area contributed by atoms with Crippen molar-refractivity contribution in [1.82, 2.24) is 5.43 Å². The fourth-order valence-corrected chi connectivity index (χ4v) is 2.89. The lowest BCUT2D eigenvalue weighted by Gasteiger charge is -2.09. The number of benzene rings is 3. The number of methoxy groups -OCH3 is 2. The second-order valence-corrected chi connectivity index (χ2v) is 7.17. The van der Waals surface area contributed by atoms with E-state index in [2.05, 4.69) is 26.5 Å². The topological polar surface area (TPSA) is 69.2 Å². The molecule has 0 unspecified atom stereocenters. The van der Waals surface area contributed by atoms with E-state index in [-0.39, 0.29) is 5.91 Å². The van der Waals surface area contributed by atoms with E-state index in [9.17, 15) is 4.79 Å². The first-order chi connectivity index (χ1) is 14.6. The summed E-state index contributed by atoms with van der Waals surface area (Å²) in [5.41, 5.74) is 4.69. The summed E-state index contributed by atoms with van der Waals surface area (Å²) in [6.07, 6.45) is 1.55. The van der Waals surface area contributed by atoms with E-state index < -0.39 is 0 Å². The number of rotatable bonds is 8. The normalized spacial score (nSPS) is 10.6. The standard InChI is InChI=1S/C23H21BrN2O4/c1-28-20-11-18(12-21(13-20)29-2)23(27)26-25-14-17-5-3-4-6-22(17)30-15-16-7-9-19(24)10-8-16/h3-14H,15H2,1-2H3,(H,26,27)/b25-14+. The van der Waals surface area contributed by atoms with Crippen molar-refractivity contribution >= 4 is 28.1 Å². The van der Waals surface area contributed by atoms with Crippen LogP contribution in [0.2, 0.25) is 0 Å². The molecule has 3 rings (SSSR count). The molecule has 0 aromatic heterocycles. The molecule has 0 atom stereocenters. The predicted molar refractivity (Wildman–Crippen MR) is 120 cm³/mol. The van der Waals surface area contributed by atoms with Crippen LogP contribution in [0.3, 0.4) is 0 Å². The zero-order valence-electron chi connectivity index (χ0n) is 16.6. The van der Waals surface area contributed by atoms with Crippen LogP contribution in [0.5, 0.6) is 17.2 Å². The Morgan fingerprint density at radius 3 is 2.33 bits per heavy atom. The van der Waals surface area contributed by atoms with Crippen LogP contribution in [0, 0.1) is 0 Å². The zero-order valence-corrected chi connectivity index (χ0v) is 18.2. The SMILES string of the molecule is COc1cc(OC)cc(C(=O)N/N=C/c2ccccc2OCc2ccc(Br)cc2)c1. The first-order valence-corrected chi connectivity index (χ1v) is 9.91. The molecule has 0 spiro atoms. The minimum absolute atomic E-state index is 0.378. The number of hydrogen-bond donors (Lipinski definition) is 1. The largest absolute Gasteiger partial charge is 0.497 e. The molecule has 1 N–H and O–H groups in total. The molecule has 6 nitrogen and oxygen atoms in total. The van der Waals surface area contributed by atoms with Gasteiger partial charge in [-0.1, -0.05) is 40.2 Å². The van der Waals surface area contributed by atoms with E-state index in [1.54, 1.807) is 24.4 Å². The Hall–Kier alpha value is -3.32. The van der Waals surface area contributed by atoms with Crippen molar-refractivity contribution in [3.63, 3.8) is 0 Å². The van der Waals surface area contributed by atoms with Crippen molar-refractivity contribution in [3.8, 4) is 17.2 Å². The maximum atomic E-state index is 12.4. The van der Waals surface area contributed by atoms with Crippen molar-refractivity contribution in [2.75, 3.05) is 14.2 Å². The van der Waals surface area contributed by atoms with Crippen molar-refractivity contribution in [3.05, 3.63) is 87.9 Å². The molecule has 0 aliphatic heterocycles. The average molecular weight is 469 g/mol. The van der Waals surface area contributed by atoms with Gasteiger partial charge in [0.25, 0.3) is 5.91 Å². The van der Waals surface area contributed by atoms with Crippen LogP contribution in [-0.2, 0) is 6.61 Å². The van der Waals surface area contributed by atoms with Gasteiger partial charge in [-0.05, 0) is 42.0 Å². The molecule has 0 bridgehead atoms. The van der Waals surface area contributed by atoms with Crippen LogP contribution in [0.1, 0.15) is 21.5 Å². The lowest BCUT2D eigenvalue weighted by atomic mass is 10.2. The van der Waals surface area contributed by atoms with E-state index in [0.717, 1.165) is 15.6 Å². The molecule has 0 saturated carbocycles. The summed E-state index contributed by atoms with van der Waals surface area (Å²) >= 11 is 3.42. The summed E-state index contributed by atoms with van der Waals surface area (Å²) in [7, 11) is 3.06. The minimum atomic E-state index is -0.378. The van der Waals surface area contributed by atoms with Gasteiger partial charge in [-0.3, -0.25) is 4.79 Å². The number of halogens is 1. The molecule has 3 aromatic rings. The number of carbonyl (C=O) groups excluding carboxylic acids is 1. The van der Waals surface area contributed by atoms with Crippen molar-refractivity contribution in [1.29, 1.82) is 0 Å². The Labute approximate surface area is 183 Å². The van der Waals surface area contributed by atoms with Crippen LogP contribution in [0.15, 0.2) is 76.3 Å². The van der Waals surface area contributed by atoms with Crippen molar-refractivity contribution in [2.45, 2.75) is 6.61 Å². The van der Waals surface area contributed by atoms with Gasteiger partial charge in [-0.25, -0.2) is 5.43 Å².